The third-order valence-corrected chi connectivity index (χ3v) is 6.85. The summed E-state index contributed by atoms with van der Waals surface area (Å²) in [6, 6.07) is 19.7. The fourth-order valence-corrected chi connectivity index (χ4v) is 5.20. The van der Waals surface area contributed by atoms with Gasteiger partial charge in [-0.1, -0.05) is 84.6 Å². The molecule has 1 N–H and O–H groups in total. The number of anilines is 1. The molecule has 156 valence electrons. The summed E-state index contributed by atoms with van der Waals surface area (Å²) in [4.78, 5) is 32.5. The Morgan fingerprint density at radius 2 is 1.81 bits per heavy atom. The number of nitrogens with zero attached hydrogens (tertiary/aromatic N) is 2. The van der Waals surface area contributed by atoms with Gasteiger partial charge in [0.2, 0.25) is 5.91 Å². The minimum atomic E-state index is -0.193. The molecular formula is C23H19N3O2S3. The summed E-state index contributed by atoms with van der Waals surface area (Å²) in [5.74, 6) is -0.354. The lowest BCUT2D eigenvalue weighted by molar-refractivity contribution is -0.122. The molecule has 31 heavy (non-hydrogen) atoms. The molecule has 5 nitrogen and oxygen atoms in total. The number of hydrogen-bond acceptors (Lipinski definition) is 6. The lowest BCUT2D eigenvalue weighted by Crippen LogP contribution is -2.31. The van der Waals surface area contributed by atoms with Gasteiger partial charge in [-0.15, -0.1) is 11.3 Å². The first kappa shape index (κ1) is 21.4. The maximum atomic E-state index is 12.7. The van der Waals surface area contributed by atoms with E-state index >= 15 is 0 Å². The predicted octanol–water partition coefficient (Wildman–Crippen LogP) is 4.96. The van der Waals surface area contributed by atoms with Crippen LogP contribution in [0.3, 0.4) is 0 Å². The molecule has 4 rings (SSSR count). The van der Waals surface area contributed by atoms with E-state index in [1.807, 2.05) is 54.6 Å². The van der Waals surface area contributed by atoms with Crippen molar-refractivity contribution in [2.45, 2.75) is 12.8 Å². The first-order valence-corrected chi connectivity index (χ1v) is 11.7. The number of amides is 2. The fraction of sp³-hybridized carbons (Fsp3) is 0.130. The summed E-state index contributed by atoms with van der Waals surface area (Å²) in [6.45, 7) is 0.241. The molecule has 1 saturated heterocycles. The number of nitrogens with one attached hydrogen (secondary N) is 1. The van der Waals surface area contributed by atoms with Crippen molar-refractivity contribution in [3.05, 3.63) is 87.8 Å². The molecule has 1 aromatic heterocycles. The third-order valence-electron chi connectivity index (χ3n) is 4.55. The van der Waals surface area contributed by atoms with E-state index in [9.17, 15) is 9.59 Å². The van der Waals surface area contributed by atoms with Crippen LogP contribution in [0.15, 0.2) is 71.8 Å². The number of rotatable bonds is 7. The first-order chi connectivity index (χ1) is 15.1. The molecule has 3 aromatic rings. The first-order valence-electron chi connectivity index (χ1n) is 9.67. The van der Waals surface area contributed by atoms with Crippen LogP contribution in [0.25, 0.3) is 6.08 Å². The number of aromatic nitrogens is 1. The van der Waals surface area contributed by atoms with Crippen molar-refractivity contribution in [1.29, 1.82) is 0 Å². The van der Waals surface area contributed by atoms with Crippen molar-refractivity contribution in [3.8, 4) is 0 Å². The topological polar surface area (TPSA) is 62.3 Å². The second-order valence-corrected chi connectivity index (χ2v) is 9.63. The van der Waals surface area contributed by atoms with Crippen LogP contribution >= 0.6 is 35.3 Å². The zero-order chi connectivity index (χ0) is 21.6. The second kappa shape index (κ2) is 10.00. The van der Waals surface area contributed by atoms with Crippen LogP contribution in [-0.2, 0) is 16.0 Å². The Kier molecular flexibility index (Phi) is 6.91. The summed E-state index contributed by atoms with van der Waals surface area (Å²) in [5, 5.41) is 3.38. The lowest BCUT2D eigenvalue weighted by Gasteiger charge is -2.13. The standard InChI is InChI=1S/C23H19N3O2S3/c27-20(25-22-24-15-18(30-22)13-16-7-3-1-4-8-16)11-12-26-21(28)19(31-23(26)29)14-17-9-5-2-6-10-17/h1-10,14-15H,11-13H2,(H,24,25,27)/b19-14-. The quantitative estimate of drug-likeness (QED) is 0.395. The molecule has 0 bridgehead atoms. The van der Waals surface area contributed by atoms with E-state index in [2.05, 4.69) is 22.4 Å². The molecule has 2 heterocycles. The van der Waals surface area contributed by atoms with E-state index in [0.717, 1.165) is 16.9 Å². The normalized spacial score (nSPS) is 15.0. The van der Waals surface area contributed by atoms with E-state index in [1.165, 1.54) is 33.6 Å². The van der Waals surface area contributed by atoms with Gasteiger partial charge < -0.3 is 5.32 Å². The Morgan fingerprint density at radius 1 is 1.10 bits per heavy atom. The van der Waals surface area contributed by atoms with Crippen LogP contribution in [0.2, 0.25) is 0 Å². The lowest BCUT2D eigenvalue weighted by atomic mass is 10.1. The number of thioether (sulfide) groups is 1. The maximum absolute atomic E-state index is 12.7. The highest BCUT2D eigenvalue weighted by molar-refractivity contribution is 8.26. The molecule has 0 radical (unpaired) electrons. The smallest absolute Gasteiger partial charge is 0.266 e. The van der Waals surface area contributed by atoms with E-state index in [4.69, 9.17) is 12.2 Å². The summed E-state index contributed by atoms with van der Waals surface area (Å²) in [5.41, 5.74) is 2.14. The van der Waals surface area contributed by atoms with Gasteiger partial charge in [-0.2, -0.15) is 0 Å². The minimum absolute atomic E-state index is 0.151. The van der Waals surface area contributed by atoms with Crippen molar-refractivity contribution in [2.24, 2.45) is 0 Å². The molecule has 0 saturated carbocycles. The van der Waals surface area contributed by atoms with E-state index < -0.39 is 0 Å². The van der Waals surface area contributed by atoms with E-state index in [1.54, 1.807) is 6.20 Å². The van der Waals surface area contributed by atoms with Crippen LogP contribution in [0.1, 0.15) is 22.4 Å². The molecule has 1 aliphatic heterocycles. The zero-order valence-corrected chi connectivity index (χ0v) is 18.9. The largest absolute Gasteiger partial charge is 0.302 e. The molecule has 0 unspecified atom stereocenters. The number of hydrogen-bond donors (Lipinski definition) is 1. The summed E-state index contributed by atoms with van der Waals surface area (Å²) in [6.07, 6.45) is 4.53. The van der Waals surface area contributed by atoms with Gasteiger partial charge in [0.05, 0.1) is 4.91 Å². The van der Waals surface area contributed by atoms with E-state index in [0.29, 0.717) is 14.4 Å². The van der Waals surface area contributed by atoms with Crippen molar-refractivity contribution >= 4 is 62.7 Å². The highest BCUT2D eigenvalue weighted by Crippen LogP contribution is 2.32. The van der Waals surface area contributed by atoms with Gasteiger partial charge in [0.25, 0.3) is 5.91 Å². The van der Waals surface area contributed by atoms with Crippen LogP contribution in [0.5, 0.6) is 0 Å². The number of benzene rings is 2. The maximum Gasteiger partial charge on any atom is 0.266 e. The molecule has 1 fully saturated rings. The van der Waals surface area contributed by atoms with E-state index in [-0.39, 0.29) is 24.8 Å². The van der Waals surface area contributed by atoms with Crippen LogP contribution in [0, 0.1) is 0 Å². The summed E-state index contributed by atoms with van der Waals surface area (Å²) in [7, 11) is 0. The molecule has 1 aliphatic rings. The Balaban J connectivity index is 1.30. The van der Waals surface area contributed by atoms with Crippen molar-refractivity contribution < 1.29 is 9.59 Å². The molecule has 0 atom stereocenters. The van der Waals surface area contributed by atoms with Crippen LogP contribution in [-0.4, -0.2) is 32.6 Å². The number of carbonyl (C=O) groups is 2. The summed E-state index contributed by atoms with van der Waals surface area (Å²) < 4.78 is 0.472. The Morgan fingerprint density at radius 3 is 2.55 bits per heavy atom. The minimum Gasteiger partial charge on any atom is -0.302 e. The van der Waals surface area contributed by atoms with Gasteiger partial charge >= 0.3 is 0 Å². The van der Waals surface area contributed by atoms with Gasteiger partial charge in [-0.05, 0) is 17.2 Å². The molecule has 2 amide bonds. The average Bonchev–Trinajstić information content (AvgIpc) is 3.31. The Hall–Kier alpha value is -2.81. The molecule has 8 heteroatoms. The molecular weight excluding hydrogens is 446 g/mol. The van der Waals surface area contributed by atoms with Gasteiger partial charge in [0.15, 0.2) is 5.13 Å². The third kappa shape index (κ3) is 5.66. The number of carbonyl (C=O) groups excluding carboxylic acids is 2. The highest BCUT2D eigenvalue weighted by Gasteiger charge is 2.32. The molecule has 0 spiro atoms. The van der Waals surface area contributed by atoms with Crippen LogP contribution < -0.4 is 5.32 Å². The van der Waals surface area contributed by atoms with Gasteiger partial charge in [0, 0.05) is 30.5 Å². The predicted molar refractivity (Wildman–Crippen MR) is 131 cm³/mol. The SMILES string of the molecule is O=C(CCN1C(=O)/C(=C/c2ccccc2)SC1=S)Nc1ncc(Cc2ccccc2)s1. The second-order valence-electron chi connectivity index (χ2n) is 6.84. The zero-order valence-electron chi connectivity index (χ0n) is 16.5. The Labute approximate surface area is 194 Å². The average molecular weight is 466 g/mol. The van der Waals surface area contributed by atoms with Crippen molar-refractivity contribution in [1.82, 2.24) is 9.88 Å². The van der Waals surface area contributed by atoms with Gasteiger partial charge in [-0.3, -0.25) is 14.5 Å². The summed E-state index contributed by atoms with van der Waals surface area (Å²) >= 11 is 8.06. The van der Waals surface area contributed by atoms with Gasteiger partial charge in [0.1, 0.15) is 4.32 Å². The monoisotopic (exact) mass is 465 g/mol. The van der Waals surface area contributed by atoms with Crippen molar-refractivity contribution in [3.63, 3.8) is 0 Å². The van der Waals surface area contributed by atoms with Crippen LogP contribution in [0.4, 0.5) is 5.13 Å². The Bertz CT molecular complexity index is 1130. The number of thiazole rings is 1. The van der Waals surface area contributed by atoms with Crippen molar-refractivity contribution in [2.75, 3.05) is 11.9 Å². The molecule has 2 aromatic carbocycles. The van der Waals surface area contributed by atoms with Gasteiger partial charge in [-0.25, -0.2) is 4.98 Å². The molecule has 0 aliphatic carbocycles. The number of thiocarbonyl (C=S) groups is 1. The highest BCUT2D eigenvalue weighted by atomic mass is 32.2. The fourth-order valence-electron chi connectivity index (χ4n) is 3.03.